The smallest absolute Gasteiger partial charge is 0.319 e. The average Bonchev–Trinajstić information content (AvgIpc) is 2.39. The third-order valence-corrected chi connectivity index (χ3v) is 3.68. The summed E-state index contributed by atoms with van der Waals surface area (Å²) in [6.07, 6.45) is 1.60. The lowest BCUT2D eigenvalue weighted by molar-refractivity contribution is -0.384. The first kappa shape index (κ1) is 15.5. The van der Waals surface area contributed by atoms with Crippen LogP contribution >= 0.6 is 11.8 Å². The van der Waals surface area contributed by atoms with E-state index < -0.39 is 4.92 Å². The Morgan fingerprint density at radius 3 is 2.47 bits per heavy atom. The van der Waals surface area contributed by atoms with E-state index in [0.29, 0.717) is 6.61 Å². The van der Waals surface area contributed by atoms with Crippen LogP contribution in [0.3, 0.4) is 0 Å². The van der Waals surface area contributed by atoms with Crippen molar-refractivity contribution in [1.29, 1.82) is 0 Å². The summed E-state index contributed by atoms with van der Waals surface area (Å²) in [7, 11) is 0. The third-order valence-electron chi connectivity index (χ3n) is 2.43. The number of hydrogen-bond donors (Lipinski definition) is 0. The minimum Gasteiger partial charge on any atom is -0.465 e. The number of non-ortho nitro benzene ring substituents is 1. The summed E-state index contributed by atoms with van der Waals surface area (Å²) < 4.78 is 5.02. The molecule has 1 aromatic rings. The van der Waals surface area contributed by atoms with Gasteiger partial charge in [-0.15, -0.1) is 11.8 Å². The molecule has 19 heavy (non-hydrogen) atoms. The molecule has 0 saturated carbocycles. The lowest BCUT2D eigenvalue weighted by atomic mass is 10.2. The van der Waals surface area contributed by atoms with Crippen molar-refractivity contribution in [2.75, 3.05) is 6.61 Å². The van der Waals surface area contributed by atoms with Crippen LogP contribution in [-0.4, -0.2) is 22.7 Å². The molecule has 0 fully saturated rings. The first-order valence-electron chi connectivity index (χ1n) is 6.16. The zero-order valence-corrected chi connectivity index (χ0v) is 11.8. The van der Waals surface area contributed by atoms with Crippen LogP contribution in [0, 0.1) is 10.1 Å². The maximum atomic E-state index is 11.8. The molecule has 0 radical (unpaired) electrons. The number of ether oxygens (including phenoxy) is 1. The van der Waals surface area contributed by atoms with E-state index in [4.69, 9.17) is 4.74 Å². The highest BCUT2D eigenvalue weighted by Crippen LogP contribution is 2.28. The van der Waals surface area contributed by atoms with E-state index in [1.807, 2.05) is 6.92 Å². The van der Waals surface area contributed by atoms with Crippen LogP contribution in [0.1, 0.15) is 26.7 Å². The van der Waals surface area contributed by atoms with Crippen molar-refractivity contribution < 1.29 is 14.5 Å². The summed E-state index contributed by atoms with van der Waals surface area (Å²) in [5.74, 6) is -0.229. The molecule has 6 heteroatoms. The number of nitro groups is 1. The summed E-state index contributed by atoms with van der Waals surface area (Å²) in [6, 6.07) is 6.20. The highest BCUT2D eigenvalue weighted by atomic mass is 32.2. The molecule has 1 atom stereocenters. The Kier molecular flexibility index (Phi) is 6.35. The van der Waals surface area contributed by atoms with E-state index in [2.05, 4.69) is 0 Å². The maximum Gasteiger partial charge on any atom is 0.319 e. The van der Waals surface area contributed by atoms with Crippen molar-refractivity contribution in [3.05, 3.63) is 34.4 Å². The highest BCUT2D eigenvalue weighted by molar-refractivity contribution is 8.00. The first-order chi connectivity index (χ1) is 9.08. The van der Waals surface area contributed by atoms with Gasteiger partial charge in [-0.05, 0) is 25.5 Å². The first-order valence-corrected chi connectivity index (χ1v) is 7.04. The van der Waals surface area contributed by atoms with Gasteiger partial charge in [0.2, 0.25) is 0 Å². The molecular weight excluding hydrogens is 266 g/mol. The quantitative estimate of drug-likeness (QED) is 0.332. The van der Waals surface area contributed by atoms with E-state index >= 15 is 0 Å². The number of nitro benzene ring substituents is 1. The van der Waals surface area contributed by atoms with Gasteiger partial charge in [-0.2, -0.15) is 0 Å². The molecule has 1 rings (SSSR count). The van der Waals surface area contributed by atoms with Crippen LogP contribution in [0.4, 0.5) is 5.69 Å². The molecule has 1 unspecified atom stereocenters. The molecule has 0 amide bonds. The standard InChI is InChI=1S/C13H17NO4S/c1-3-5-12(13(15)18-4-2)19-11-8-6-10(7-9-11)14(16)17/h6-9,12H,3-5H2,1-2H3. The van der Waals surface area contributed by atoms with Gasteiger partial charge in [0.1, 0.15) is 5.25 Å². The summed E-state index contributed by atoms with van der Waals surface area (Å²) >= 11 is 1.38. The monoisotopic (exact) mass is 283 g/mol. The molecule has 0 saturated heterocycles. The third kappa shape index (κ3) is 4.90. The number of esters is 1. The van der Waals surface area contributed by atoms with E-state index in [1.165, 1.54) is 23.9 Å². The molecule has 0 aliphatic carbocycles. The van der Waals surface area contributed by atoms with Crippen LogP contribution in [0.25, 0.3) is 0 Å². The molecule has 104 valence electrons. The van der Waals surface area contributed by atoms with Gasteiger partial charge < -0.3 is 4.74 Å². The highest BCUT2D eigenvalue weighted by Gasteiger charge is 2.20. The molecule has 1 aromatic carbocycles. The van der Waals surface area contributed by atoms with Crippen LogP contribution in [0.5, 0.6) is 0 Å². The molecule has 0 aliphatic rings. The van der Waals surface area contributed by atoms with Gasteiger partial charge in [0.15, 0.2) is 0 Å². The number of hydrogen-bond acceptors (Lipinski definition) is 5. The Morgan fingerprint density at radius 2 is 2.00 bits per heavy atom. The zero-order chi connectivity index (χ0) is 14.3. The molecule has 5 nitrogen and oxygen atoms in total. The van der Waals surface area contributed by atoms with Crippen molar-refractivity contribution in [3.63, 3.8) is 0 Å². The number of rotatable bonds is 7. The Labute approximate surface area is 116 Å². The second-order valence-corrected chi connectivity index (χ2v) is 5.17. The van der Waals surface area contributed by atoms with Crippen molar-refractivity contribution in [2.45, 2.75) is 36.8 Å². The summed E-state index contributed by atoms with van der Waals surface area (Å²) in [4.78, 5) is 22.7. The summed E-state index contributed by atoms with van der Waals surface area (Å²) in [5.41, 5.74) is 0.0486. The predicted molar refractivity (Wildman–Crippen MR) is 74.3 cm³/mol. The second kappa shape index (κ2) is 7.78. The summed E-state index contributed by atoms with van der Waals surface area (Å²) in [5, 5.41) is 10.3. The fourth-order valence-electron chi connectivity index (χ4n) is 1.53. The van der Waals surface area contributed by atoms with E-state index in [-0.39, 0.29) is 16.9 Å². The zero-order valence-electron chi connectivity index (χ0n) is 11.0. The Bertz CT molecular complexity index is 433. The second-order valence-electron chi connectivity index (χ2n) is 3.90. The number of benzene rings is 1. The molecule has 0 N–H and O–H groups in total. The topological polar surface area (TPSA) is 69.4 Å². The fourth-order valence-corrected chi connectivity index (χ4v) is 2.67. The molecule has 0 heterocycles. The lowest BCUT2D eigenvalue weighted by Crippen LogP contribution is -2.20. The number of nitrogens with zero attached hydrogens (tertiary/aromatic N) is 1. The minimum absolute atomic E-state index is 0.0486. The van der Waals surface area contributed by atoms with Crippen LogP contribution in [0.2, 0.25) is 0 Å². The maximum absolute atomic E-state index is 11.8. The average molecular weight is 283 g/mol. The molecule has 0 spiro atoms. The Balaban J connectivity index is 2.73. The SMILES string of the molecule is CCCC(Sc1ccc([N+](=O)[O-])cc1)C(=O)OCC. The van der Waals surface area contributed by atoms with Gasteiger partial charge >= 0.3 is 5.97 Å². The van der Waals surface area contributed by atoms with Crippen molar-refractivity contribution in [3.8, 4) is 0 Å². The van der Waals surface area contributed by atoms with Gasteiger partial charge in [-0.1, -0.05) is 13.3 Å². The van der Waals surface area contributed by atoms with Gasteiger partial charge in [0.25, 0.3) is 5.69 Å². The van der Waals surface area contributed by atoms with E-state index in [1.54, 1.807) is 19.1 Å². The fraction of sp³-hybridized carbons (Fsp3) is 0.462. The number of carbonyl (C=O) groups excluding carboxylic acids is 1. The molecule has 0 bridgehead atoms. The Hall–Kier alpha value is -1.56. The molecule has 0 aliphatic heterocycles. The van der Waals surface area contributed by atoms with Gasteiger partial charge in [0, 0.05) is 17.0 Å². The van der Waals surface area contributed by atoms with Crippen molar-refractivity contribution in [2.24, 2.45) is 0 Å². The van der Waals surface area contributed by atoms with Crippen LogP contribution in [0.15, 0.2) is 29.2 Å². The van der Waals surface area contributed by atoms with Crippen LogP contribution in [-0.2, 0) is 9.53 Å². The molecular formula is C13H17NO4S. The number of thioether (sulfide) groups is 1. The largest absolute Gasteiger partial charge is 0.465 e. The van der Waals surface area contributed by atoms with Crippen LogP contribution < -0.4 is 0 Å². The normalized spacial score (nSPS) is 11.9. The van der Waals surface area contributed by atoms with E-state index in [0.717, 1.165) is 17.7 Å². The summed E-state index contributed by atoms with van der Waals surface area (Å²) in [6.45, 7) is 4.14. The van der Waals surface area contributed by atoms with E-state index in [9.17, 15) is 14.9 Å². The van der Waals surface area contributed by atoms with Crippen molar-refractivity contribution >= 4 is 23.4 Å². The number of carbonyl (C=O) groups is 1. The van der Waals surface area contributed by atoms with Crippen molar-refractivity contribution in [1.82, 2.24) is 0 Å². The molecule has 0 aromatic heterocycles. The lowest BCUT2D eigenvalue weighted by Gasteiger charge is -2.14. The minimum atomic E-state index is -0.441. The van der Waals surface area contributed by atoms with Gasteiger partial charge in [-0.3, -0.25) is 14.9 Å². The Morgan fingerprint density at radius 1 is 1.37 bits per heavy atom. The predicted octanol–water partition coefficient (Wildman–Crippen LogP) is 3.42. The van der Waals surface area contributed by atoms with Gasteiger partial charge in [0.05, 0.1) is 11.5 Å². The van der Waals surface area contributed by atoms with Gasteiger partial charge in [-0.25, -0.2) is 0 Å².